The molecule has 0 fully saturated rings. The van der Waals surface area contributed by atoms with E-state index in [9.17, 15) is 0 Å². The van der Waals surface area contributed by atoms with Crippen molar-refractivity contribution in [2.24, 2.45) is 5.92 Å². The lowest BCUT2D eigenvalue weighted by Gasteiger charge is -2.42. The summed E-state index contributed by atoms with van der Waals surface area (Å²) in [4.78, 5) is 18.4. The number of para-hydroxylation sites is 3. The first-order valence-corrected chi connectivity index (χ1v) is 19.9. The molecule has 1 unspecified atom stereocenters. The minimum absolute atomic E-state index is 0.275. The monoisotopic (exact) mass is 733 g/mol. The summed E-state index contributed by atoms with van der Waals surface area (Å²) in [6.07, 6.45) is 16.6. The van der Waals surface area contributed by atoms with Gasteiger partial charge in [-0.15, -0.1) is 0 Å². The number of allylic oxidation sites excluding steroid dienone is 3. The van der Waals surface area contributed by atoms with E-state index < -0.39 is 0 Å². The molecular weight excluding hydrogens is 695 g/mol. The molecule has 0 N–H and O–H groups in total. The minimum Gasteiger partial charge on any atom is -0.334 e. The predicted octanol–water partition coefficient (Wildman–Crippen LogP) is 12.2. The van der Waals surface area contributed by atoms with Crippen LogP contribution in [0, 0.1) is 5.92 Å². The Morgan fingerprint density at radius 1 is 0.544 bits per heavy atom. The summed E-state index contributed by atoms with van der Waals surface area (Å²) >= 11 is 0. The van der Waals surface area contributed by atoms with Crippen LogP contribution in [0.4, 0.5) is 11.4 Å². The maximum Gasteiger partial charge on any atom is 0.166 e. The van der Waals surface area contributed by atoms with Crippen molar-refractivity contribution < 1.29 is 0 Å². The van der Waals surface area contributed by atoms with Crippen LogP contribution in [-0.4, -0.2) is 25.6 Å². The first-order chi connectivity index (χ1) is 28.3. The molecule has 2 aliphatic carbocycles. The SMILES string of the molecule is C1=CC2[C@@H](C=C1)Cc1cc(-c3ccccc3-c3nc(-c4ccccc4)nc(-c4cccc5c6c(n(-c7ccccc7)c45)C=CCC6)n3)ccc1N2c1ccccc1. The minimum atomic E-state index is 0.275. The van der Waals surface area contributed by atoms with Gasteiger partial charge in [-0.3, -0.25) is 0 Å². The van der Waals surface area contributed by atoms with Gasteiger partial charge in [0.1, 0.15) is 0 Å². The smallest absolute Gasteiger partial charge is 0.166 e. The molecule has 1 aliphatic heterocycles. The van der Waals surface area contributed by atoms with Crippen molar-refractivity contribution in [3.63, 3.8) is 0 Å². The fourth-order valence-corrected chi connectivity index (χ4v) is 9.14. The van der Waals surface area contributed by atoms with Crippen LogP contribution in [0.25, 0.3) is 68.0 Å². The Labute approximate surface area is 332 Å². The highest BCUT2D eigenvalue weighted by atomic mass is 15.2. The number of aryl methyl sites for hydroxylation is 1. The zero-order chi connectivity index (χ0) is 37.7. The Bertz CT molecular complexity index is 2890. The second-order valence-corrected chi connectivity index (χ2v) is 15.1. The van der Waals surface area contributed by atoms with E-state index in [0.29, 0.717) is 23.4 Å². The second kappa shape index (κ2) is 13.9. The second-order valence-electron chi connectivity index (χ2n) is 15.1. The topological polar surface area (TPSA) is 46.8 Å². The quantitative estimate of drug-likeness (QED) is 0.171. The fraction of sp³-hybridized carbons (Fsp3) is 0.0962. The Hall–Kier alpha value is -7.11. The highest BCUT2D eigenvalue weighted by molar-refractivity contribution is 6.00. The van der Waals surface area contributed by atoms with E-state index in [2.05, 4.69) is 179 Å². The molecule has 2 atom stereocenters. The first kappa shape index (κ1) is 33.2. The Balaban J connectivity index is 1.10. The number of fused-ring (bicyclic) bond motifs is 5. The van der Waals surface area contributed by atoms with Crippen molar-refractivity contribution in [3.05, 3.63) is 199 Å². The van der Waals surface area contributed by atoms with Crippen molar-refractivity contribution in [2.75, 3.05) is 4.90 Å². The van der Waals surface area contributed by atoms with Gasteiger partial charge in [-0.25, -0.2) is 15.0 Å². The zero-order valence-corrected chi connectivity index (χ0v) is 31.4. The average Bonchev–Trinajstić information content (AvgIpc) is 3.63. The molecule has 0 saturated carbocycles. The van der Waals surface area contributed by atoms with Gasteiger partial charge in [0.15, 0.2) is 17.5 Å². The largest absolute Gasteiger partial charge is 0.334 e. The van der Waals surface area contributed by atoms with Crippen molar-refractivity contribution in [3.8, 4) is 51.0 Å². The maximum atomic E-state index is 5.39. The van der Waals surface area contributed by atoms with Crippen LogP contribution in [-0.2, 0) is 12.8 Å². The molecule has 0 bridgehead atoms. The standard InChI is InChI=1S/C52H39N5/c1-4-17-35(18-5-1)50-53-51(55-52(54-50)45-28-16-27-43-42-25-13-15-30-48(42)57(49(43)45)40-22-8-3-9-23-40)44-26-12-11-24-41(44)36-31-32-47-38(33-36)34-37-19-10-14-29-46(37)56(47)39-20-6-2-7-21-39/h1-12,14-24,26-33,37,46H,13,25,34H2/t37-,46?/m0/s1. The van der Waals surface area contributed by atoms with Crippen LogP contribution >= 0.6 is 0 Å². The number of aromatic nitrogens is 4. The van der Waals surface area contributed by atoms with E-state index >= 15 is 0 Å². The van der Waals surface area contributed by atoms with Crippen molar-refractivity contribution >= 4 is 28.4 Å². The van der Waals surface area contributed by atoms with Gasteiger partial charge >= 0.3 is 0 Å². The van der Waals surface area contributed by atoms with Crippen molar-refractivity contribution in [1.82, 2.24) is 19.5 Å². The molecule has 8 aromatic rings. The molecule has 0 amide bonds. The van der Waals surface area contributed by atoms with Crippen LogP contribution in [0.5, 0.6) is 0 Å². The maximum absolute atomic E-state index is 5.39. The van der Waals surface area contributed by atoms with Gasteiger partial charge in [0.05, 0.1) is 11.6 Å². The van der Waals surface area contributed by atoms with Gasteiger partial charge in [-0.1, -0.05) is 140 Å². The normalized spacial score (nSPS) is 16.7. The van der Waals surface area contributed by atoms with Gasteiger partial charge in [0, 0.05) is 50.8 Å². The molecule has 11 rings (SSSR count). The number of hydrogen-bond acceptors (Lipinski definition) is 4. The van der Waals surface area contributed by atoms with Crippen LogP contribution < -0.4 is 4.90 Å². The van der Waals surface area contributed by atoms with Gasteiger partial charge in [0.2, 0.25) is 0 Å². The first-order valence-electron chi connectivity index (χ1n) is 19.9. The van der Waals surface area contributed by atoms with E-state index in [4.69, 9.17) is 15.0 Å². The molecule has 5 nitrogen and oxygen atoms in total. The Morgan fingerprint density at radius 2 is 1.21 bits per heavy atom. The third-order valence-electron chi connectivity index (χ3n) is 11.7. The predicted molar refractivity (Wildman–Crippen MR) is 234 cm³/mol. The Morgan fingerprint density at radius 3 is 2.02 bits per heavy atom. The highest BCUT2D eigenvalue weighted by Gasteiger charge is 2.34. The highest BCUT2D eigenvalue weighted by Crippen LogP contribution is 2.44. The summed E-state index contributed by atoms with van der Waals surface area (Å²) in [6, 6.07) is 54.1. The van der Waals surface area contributed by atoms with Gasteiger partial charge < -0.3 is 9.47 Å². The van der Waals surface area contributed by atoms with Crippen molar-refractivity contribution in [2.45, 2.75) is 25.3 Å². The molecular formula is C52H39N5. The van der Waals surface area contributed by atoms with Crippen LogP contribution in [0.15, 0.2) is 182 Å². The molecule has 0 saturated heterocycles. The van der Waals surface area contributed by atoms with Crippen LogP contribution in [0.1, 0.15) is 23.2 Å². The number of anilines is 2. The number of benzene rings is 6. The molecule has 0 spiro atoms. The van der Waals surface area contributed by atoms with Gasteiger partial charge in [-0.2, -0.15) is 0 Å². The summed E-state index contributed by atoms with van der Waals surface area (Å²) in [6.45, 7) is 0. The molecule has 5 heteroatoms. The summed E-state index contributed by atoms with van der Waals surface area (Å²) in [5.74, 6) is 2.34. The third-order valence-corrected chi connectivity index (χ3v) is 11.7. The van der Waals surface area contributed by atoms with E-state index in [1.165, 1.54) is 33.6 Å². The van der Waals surface area contributed by atoms with Gasteiger partial charge in [0.25, 0.3) is 0 Å². The third kappa shape index (κ3) is 5.74. The number of nitrogens with zero attached hydrogens (tertiary/aromatic N) is 5. The van der Waals surface area contributed by atoms with E-state index in [-0.39, 0.29) is 6.04 Å². The molecule has 2 aromatic heterocycles. The van der Waals surface area contributed by atoms with Gasteiger partial charge in [-0.05, 0) is 90.1 Å². The molecule has 272 valence electrons. The van der Waals surface area contributed by atoms with Crippen LogP contribution in [0.3, 0.4) is 0 Å². The number of hydrogen-bond donors (Lipinski definition) is 0. The Kier molecular flexibility index (Phi) is 8.09. The van der Waals surface area contributed by atoms with Crippen LogP contribution in [0.2, 0.25) is 0 Å². The fourth-order valence-electron chi connectivity index (χ4n) is 9.14. The number of rotatable bonds is 6. The lowest BCUT2D eigenvalue weighted by Crippen LogP contribution is -2.41. The van der Waals surface area contributed by atoms with E-state index in [0.717, 1.165) is 58.3 Å². The van der Waals surface area contributed by atoms with Crippen molar-refractivity contribution in [1.29, 1.82) is 0 Å². The molecule has 0 radical (unpaired) electrons. The van der Waals surface area contributed by atoms with E-state index in [1.54, 1.807) is 0 Å². The van der Waals surface area contributed by atoms with E-state index in [1.807, 2.05) is 18.2 Å². The lowest BCUT2D eigenvalue weighted by atomic mass is 9.81. The summed E-state index contributed by atoms with van der Waals surface area (Å²) in [5.41, 5.74) is 13.8. The lowest BCUT2D eigenvalue weighted by molar-refractivity contribution is 0.533. The zero-order valence-electron chi connectivity index (χ0n) is 31.4. The summed E-state index contributed by atoms with van der Waals surface area (Å²) in [5, 5.41) is 1.24. The summed E-state index contributed by atoms with van der Waals surface area (Å²) in [7, 11) is 0. The molecule has 3 heterocycles. The molecule has 3 aliphatic rings. The molecule has 57 heavy (non-hydrogen) atoms. The summed E-state index contributed by atoms with van der Waals surface area (Å²) < 4.78 is 2.39. The average molecular weight is 734 g/mol. The molecule has 6 aromatic carbocycles.